The van der Waals surface area contributed by atoms with Crippen LogP contribution in [0.1, 0.15) is 24.9 Å². The molecule has 0 amide bonds. The van der Waals surface area contributed by atoms with Gasteiger partial charge in [-0.15, -0.1) is 0 Å². The van der Waals surface area contributed by atoms with Crippen molar-refractivity contribution in [2.24, 2.45) is 0 Å². The van der Waals surface area contributed by atoms with Crippen LogP contribution in [0.4, 0.5) is 17.3 Å². The first-order chi connectivity index (χ1) is 9.61. The number of hydrogen-bond donors (Lipinski definition) is 2. The zero-order valence-corrected chi connectivity index (χ0v) is 11.1. The molecule has 6 nitrogen and oxygen atoms in total. The molecule has 1 aromatic heterocycles. The first-order valence-corrected chi connectivity index (χ1v) is 6.34. The second kappa shape index (κ2) is 6.01. The maximum absolute atomic E-state index is 10.7. The van der Waals surface area contributed by atoms with Gasteiger partial charge in [0.15, 0.2) is 0 Å². The molecule has 0 aliphatic heterocycles. The molecule has 1 atom stereocenters. The smallest absolute Gasteiger partial charge is 0.311 e. The molecule has 0 saturated heterocycles. The SMILES string of the molecule is CCC(Nc1ccc([N+](=O)[O-])c(N)n1)c1ccccc1. The summed E-state index contributed by atoms with van der Waals surface area (Å²) in [5.41, 5.74) is 6.54. The summed E-state index contributed by atoms with van der Waals surface area (Å²) in [4.78, 5) is 14.2. The van der Waals surface area contributed by atoms with Crippen molar-refractivity contribution >= 4 is 17.3 Å². The van der Waals surface area contributed by atoms with Crippen molar-refractivity contribution in [3.05, 3.63) is 58.1 Å². The largest absolute Gasteiger partial charge is 0.378 e. The summed E-state index contributed by atoms with van der Waals surface area (Å²) in [5.74, 6) is 0.451. The molecule has 104 valence electrons. The Morgan fingerprint density at radius 1 is 1.30 bits per heavy atom. The number of nitrogens with one attached hydrogen (secondary N) is 1. The third kappa shape index (κ3) is 3.03. The van der Waals surface area contributed by atoms with Crippen LogP contribution in [0.15, 0.2) is 42.5 Å². The number of benzene rings is 1. The van der Waals surface area contributed by atoms with E-state index in [4.69, 9.17) is 5.73 Å². The van der Waals surface area contributed by atoms with Gasteiger partial charge in [0.1, 0.15) is 5.82 Å². The van der Waals surface area contributed by atoms with Crippen LogP contribution in [0.2, 0.25) is 0 Å². The molecule has 1 aromatic carbocycles. The van der Waals surface area contributed by atoms with E-state index in [9.17, 15) is 10.1 Å². The minimum atomic E-state index is -0.541. The number of hydrogen-bond acceptors (Lipinski definition) is 5. The van der Waals surface area contributed by atoms with Crippen molar-refractivity contribution in [3.63, 3.8) is 0 Å². The molecule has 6 heteroatoms. The molecule has 2 aromatic rings. The summed E-state index contributed by atoms with van der Waals surface area (Å²) in [6.07, 6.45) is 0.864. The van der Waals surface area contributed by atoms with Crippen LogP contribution in [-0.4, -0.2) is 9.91 Å². The Bertz CT molecular complexity index is 601. The minimum Gasteiger partial charge on any atom is -0.378 e. The molecule has 0 bridgehead atoms. The molecule has 1 unspecified atom stereocenters. The van der Waals surface area contributed by atoms with Crippen molar-refractivity contribution in [3.8, 4) is 0 Å². The van der Waals surface area contributed by atoms with Crippen molar-refractivity contribution in [2.75, 3.05) is 11.1 Å². The highest BCUT2D eigenvalue weighted by atomic mass is 16.6. The first-order valence-electron chi connectivity index (χ1n) is 6.34. The van der Waals surface area contributed by atoms with E-state index < -0.39 is 4.92 Å². The highest BCUT2D eigenvalue weighted by molar-refractivity contribution is 5.57. The number of anilines is 2. The predicted molar refractivity (Wildman–Crippen MR) is 78.4 cm³/mol. The Labute approximate surface area is 116 Å². The van der Waals surface area contributed by atoms with Gasteiger partial charge >= 0.3 is 5.69 Å². The molecule has 0 aliphatic carbocycles. The number of aromatic nitrogens is 1. The van der Waals surface area contributed by atoms with E-state index in [0.717, 1.165) is 12.0 Å². The number of pyridine rings is 1. The molecule has 2 rings (SSSR count). The van der Waals surface area contributed by atoms with E-state index in [1.807, 2.05) is 30.3 Å². The molecular formula is C14H16N4O2. The molecule has 1 heterocycles. The molecule has 0 radical (unpaired) electrons. The highest BCUT2D eigenvalue weighted by Crippen LogP contribution is 2.25. The van der Waals surface area contributed by atoms with Crippen molar-refractivity contribution < 1.29 is 4.92 Å². The maximum Gasteiger partial charge on any atom is 0.311 e. The zero-order valence-electron chi connectivity index (χ0n) is 11.1. The van der Waals surface area contributed by atoms with Gasteiger partial charge in [0.05, 0.1) is 11.0 Å². The lowest BCUT2D eigenvalue weighted by atomic mass is 10.0. The lowest BCUT2D eigenvalue weighted by Gasteiger charge is -2.18. The third-order valence-corrected chi connectivity index (χ3v) is 3.03. The van der Waals surface area contributed by atoms with Crippen LogP contribution < -0.4 is 11.1 Å². The Kier molecular flexibility index (Phi) is 4.14. The monoisotopic (exact) mass is 272 g/mol. The summed E-state index contributed by atoms with van der Waals surface area (Å²) >= 11 is 0. The Hall–Kier alpha value is -2.63. The molecule has 0 fully saturated rings. The van der Waals surface area contributed by atoms with Gasteiger partial charge < -0.3 is 11.1 Å². The first kappa shape index (κ1) is 13.8. The van der Waals surface area contributed by atoms with Crippen LogP contribution >= 0.6 is 0 Å². The number of nitrogens with zero attached hydrogens (tertiary/aromatic N) is 2. The van der Waals surface area contributed by atoms with E-state index >= 15 is 0 Å². The van der Waals surface area contributed by atoms with Crippen LogP contribution in [-0.2, 0) is 0 Å². The van der Waals surface area contributed by atoms with Gasteiger partial charge in [-0.2, -0.15) is 0 Å². The van der Waals surface area contributed by atoms with Gasteiger partial charge in [-0.1, -0.05) is 37.3 Å². The number of nitrogens with two attached hydrogens (primary N) is 1. The molecule has 20 heavy (non-hydrogen) atoms. The summed E-state index contributed by atoms with van der Waals surface area (Å²) in [5, 5.41) is 13.9. The Morgan fingerprint density at radius 3 is 2.55 bits per heavy atom. The fourth-order valence-corrected chi connectivity index (χ4v) is 1.99. The maximum atomic E-state index is 10.7. The standard InChI is InChI=1S/C14H16N4O2/c1-2-11(10-6-4-3-5-7-10)16-13-9-8-12(18(19)20)14(15)17-13/h3-9,11H,2H2,1H3,(H3,15,16,17). The van der Waals surface area contributed by atoms with Gasteiger partial charge in [-0.25, -0.2) is 4.98 Å². The fraction of sp³-hybridized carbons (Fsp3) is 0.214. The second-order valence-corrected chi connectivity index (χ2v) is 4.37. The van der Waals surface area contributed by atoms with Gasteiger partial charge in [-0.3, -0.25) is 10.1 Å². The fourth-order valence-electron chi connectivity index (χ4n) is 1.99. The summed E-state index contributed by atoms with van der Waals surface area (Å²) in [6, 6.07) is 13.0. The van der Waals surface area contributed by atoms with Gasteiger partial charge in [-0.05, 0) is 18.1 Å². The minimum absolute atomic E-state index is 0.0806. The van der Waals surface area contributed by atoms with Crippen LogP contribution in [0, 0.1) is 10.1 Å². The molecular weight excluding hydrogens is 256 g/mol. The lowest BCUT2D eigenvalue weighted by molar-refractivity contribution is -0.384. The van der Waals surface area contributed by atoms with E-state index in [0.29, 0.717) is 5.82 Å². The highest BCUT2D eigenvalue weighted by Gasteiger charge is 2.15. The number of nitro groups is 1. The van der Waals surface area contributed by atoms with E-state index in [1.165, 1.54) is 6.07 Å². The average Bonchev–Trinajstić information content (AvgIpc) is 2.45. The zero-order chi connectivity index (χ0) is 14.5. The quantitative estimate of drug-likeness (QED) is 0.644. The van der Waals surface area contributed by atoms with Gasteiger partial charge in [0.25, 0.3) is 0 Å². The second-order valence-electron chi connectivity index (χ2n) is 4.37. The predicted octanol–water partition coefficient (Wildman–Crippen LogP) is 3.14. The molecule has 0 saturated carbocycles. The normalized spacial score (nSPS) is 11.8. The van der Waals surface area contributed by atoms with E-state index in [2.05, 4.69) is 17.2 Å². The Balaban J connectivity index is 2.20. The summed E-state index contributed by atoms with van der Waals surface area (Å²) in [7, 11) is 0. The summed E-state index contributed by atoms with van der Waals surface area (Å²) < 4.78 is 0. The van der Waals surface area contributed by atoms with Crippen LogP contribution in [0.5, 0.6) is 0 Å². The molecule has 0 spiro atoms. The van der Waals surface area contributed by atoms with Crippen molar-refractivity contribution in [1.29, 1.82) is 0 Å². The number of nitrogen functional groups attached to an aromatic ring is 1. The van der Waals surface area contributed by atoms with Crippen molar-refractivity contribution in [2.45, 2.75) is 19.4 Å². The lowest BCUT2D eigenvalue weighted by Crippen LogP contribution is -2.11. The average molecular weight is 272 g/mol. The van der Waals surface area contributed by atoms with Crippen molar-refractivity contribution in [1.82, 2.24) is 4.98 Å². The topological polar surface area (TPSA) is 94.1 Å². The van der Waals surface area contributed by atoms with E-state index in [1.54, 1.807) is 6.07 Å². The van der Waals surface area contributed by atoms with E-state index in [-0.39, 0.29) is 17.5 Å². The Morgan fingerprint density at radius 2 is 2.00 bits per heavy atom. The van der Waals surface area contributed by atoms with Gasteiger partial charge in [0.2, 0.25) is 5.82 Å². The number of rotatable bonds is 5. The third-order valence-electron chi connectivity index (χ3n) is 3.03. The molecule has 0 aliphatic rings. The summed E-state index contributed by atoms with van der Waals surface area (Å²) in [6.45, 7) is 2.05. The molecule has 3 N–H and O–H groups in total. The van der Waals surface area contributed by atoms with Gasteiger partial charge in [0, 0.05) is 6.07 Å². The van der Waals surface area contributed by atoms with Crippen LogP contribution in [0.3, 0.4) is 0 Å². The van der Waals surface area contributed by atoms with Crippen LogP contribution in [0.25, 0.3) is 0 Å².